The number of hydrogen-bond donors (Lipinski definition) is 2. The van der Waals surface area contributed by atoms with Crippen molar-refractivity contribution in [2.75, 3.05) is 13.1 Å². The van der Waals surface area contributed by atoms with Crippen molar-refractivity contribution < 1.29 is 14.3 Å². The largest absolute Gasteiger partial charge is 0.465 e. The molecule has 2 N–H and O–H groups in total. The summed E-state index contributed by atoms with van der Waals surface area (Å²) in [5.41, 5.74) is -2.15. The Morgan fingerprint density at radius 3 is 2.54 bits per heavy atom. The summed E-state index contributed by atoms with van der Waals surface area (Å²) in [5, 5.41) is 8.66. The van der Waals surface area contributed by atoms with Crippen molar-refractivity contribution in [2.24, 2.45) is 0 Å². The molecule has 9 heteroatoms. The van der Waals surface area contributed by atoms with E-state index in [-0.39, 0.29) is 42.5 Å². The molecule has 0 bridgehead atoms. The second-order valence-corrected chi connectivity index (χ2v) is 5.93. The lowest BCUT2D eigenvalue weighted by atomic mass is 9.89. The number of halogens is 2. The monoisotopic (exact) mass is 352 g/mol. The number of carboxylic acid groups (broad SMARTS) is 1. The Kier molecular flexibility index (Phi) is 4.23. The molecule has 0 saturated carbocycles. The van der Waals surface area contributed by atoms with Crippen molar-refractivity contribution >= 4 is 17.7 Å². The summed E-state index contributed by atoms with van der Waals surface area (Å²) in [4.78, 5) is 34.8. The number of nitrogens with zero attached hydrogens (tertiary/aromatic N) is 3. The molecule has 1 fully saturated rings. The van der Waals surface area contributed by atoms with Gasteiger partial charge < -0.3 is 15.0 Å². The number of amides is 1. The molecule has 3 rings (SSSR count). The summed E-state index contributed by atoms with van der Waals surface area (Å²) < 4.78 is 15.3. The van der Waals surface area contributed by atoms with Gasteiger partial charge in [-0.3, -0.25) is 9.78 Å². The summed E-state index contributed by atoms with van der Waals surface area (Å²) in [6.45, 7) is 0.0302. The molecule has 126 valence electrons. The first-order chi connectivity index (χ1) is 11.4. The van der Waals surface area contributed by atoms with E-state index in [1.54, 1.807) is 12.1 Å². The molecule has 1 saturated heterocycles. The van der Waals surface area contributed by atoms with Crippen molar-refractivity contribution in [3.63, 3.8) is 0 Å². The molecule has 2 aromatic rings. The summed E-state index contributed by atoms with van der Waals surface area (Å²) in [5.74, 6) is 0.194. The fraction of sp³-hybridized carbons (Fsp3) is 0.333. The van der Waals surface area contributed by atoms with Crippen LogP contribution >= 0.6 is 11.6 Å². The predicted molar refractivity (Wildman–Crippen MR) is 84.7 cm³/mol. The highest BCUT2D eigenvalue weighted by Gasteiger charge is 2.41. The highest BCUT2D eigenvalue weighted by Crippen LogP contribution is 2.38. The lowest BCUT2D eigenvalue weighted by molar-refractivity contribution is 0.0520. The number of pyridine rings is 1. The average molecular weight is 353 g/mol. The minimum Gasteiger partial charge on any atom is -0.465 e. The lowest BCUT2D eigenvalue weighted by Gasteiger charge is -2.34. The summed E-state index contributed by atoms with van der Waals surface area (Å²) >= 11 is 5.99. The fourth-order valence-electron chi connectivity index (χ4n) is 2.69. The van der Waals surface area contributed by atoms with E-state index in [1.165, 1.54) is 12.4 Å². The highest BCUT2D eigenvalue weighted by molar-refractivity contribution is 6.31. The van der Waals surface area contributed by atoms with Crippen molar-refractivity contribution in [3.8, 4) is 11.4 Å². The Morgan fingerprint density at radius 2 is 1.96 bits per heavy atom. The van der Waals surface area contributed by atoms with E-state index < -0.39 is 17.3 Å². The van der Waals surface area contributed by atoms with Crippen LogP contribution in [0.1, 0.15) is 18.5 Å². The number of aromatic amines is 1. The zero-order valence-corrected chi connectivity index (χ0v) is 13.3. The van der Waals surface area contributed by atoms with Gasteiger partial charge in [-0.05, 0) is 12.1 Å². The Hall–Kier alpha value is -2.48. The third-order valence-electron chi connectivity index (χ3n) is 4.07. The van der Waals surface area contributed by atoms with Crippen LogP contribution in [0.25, 0.3) is 11.4 Å². The van der Waals surface area contributed by atoms with Crippen LogP contribution in [-0.4, -0.2) is 44.1 Å². The molecule has 1 aliphatic heterocycles. The van der Waals surface area contributed by atoms with Crippen LogP contribution in [0, 0.1) is 0 Å². The minimum atomic E-state index is -1.95. The SMILES string of the molecule is O=C(O)N1CCC(F)(c2nc(-c3ccncc3)[nH]c(=O)c2Cl)CC1. The molecule has 7 nitrogen and oxygen atoms in total. The number of carbonyl (C=O) groups is 1. The van der Waals surface area contributed by atoms with Crippen LogP contribution in [0.15, 0.2) is 29.3 Å². The first kappa shape index (κ1) is 16.4. The minimum absolute atomic E-state index is 0.0151. The number of rotatable bonds is 2. The zero-order chi connectivity index (χ0) is 17.3. The number of likely N-dealkylation sites (tertiary alicyclic amines) is 1. The predicted octanol–water partition coefficient (Wildman–Crippen LogP) is 2.42. The molecular formula is C15H14ClFN4O3. The number of piperidine rings is 1. The van der Waals surface area contributed by atoms with Crippen LogP contribution in [-0.2, 0) is 5.67 Å². The molecule has 1 aliphatic rings. The van der Waals surface area contributed by atoms with Gasteiger partial charge in [0, 0.05) is 43.9 Å². The second kappa shape index (κ2) is 6.20. The van der Waals surface area contributed by atoms with Gasteiger partial charge in [0.15, 0.2) is 5.67 Å². The van der Waals surface area contributed by atoms with E-state index in [0.29, 0.717) is 5.56 Å². The van der Waals surface area contributed by atoms with E-state index in [9.17, 15) is 9.59 Å². The van der Waals surface area contributed by atoms with Gasteiger partial charge in [0.05, 0.1) is 0 Å². The van der Waals surface area contributed by atoms with Gasteiger partial charge in [0.1, 0.15) is 16.5 Å². The molecule has 24 heavy (non-hydrogen) atoms. The van der Waals surface area contributed by atoms with Crippen LogP contribution < -0.4 is 5.56 Å². The van der Waals surface area contributed by atoms with Crippen molar-refractivity contribution in [1.82, 2.24) is 19.9 Å². The summed E-state index contributed by atoms with van der Waals surface area (Å²) in [7, 11) is 0. The quantitative estimate of drug-likeness (QED) is 0.864. The Morgan fingerprint density at radius 1 is 1.33 bits per heavy atom. The Bertz CT molecular complexity index is 819. The van der Waals surface area contributed by atoms with E-state index in [1.807, 2.05) is 0 Å². The number of alkyl halides is 1. The van der Waals surface area contributed by atoms with Gasteiger partial charge in [0.2, 0.25) is 0 Å². The lowest BCUT2D eigenvalue weighted by Crippen LogP contribution is -2.43. The first-order valence-corrected chi connectivity index (χ1v) is 7.66. The molecular weight excluding hydrogens is 339 g/mol. The topological polar surface area (TPSA) is 99.2 Å². The normalized spacial score (nSPS) is 16.8. The van der Waals surface area contributed by atoms with Crippen molar-refractivity contribution in [1.29, 1.82) is 0 Å². The second-order valence-electron chi connectivity index (χ2n) is 5.55. The summed E-state index contributed by atoms with van der Waals surface area (Å²) in [6.07, 6.45) is 1.75. The maximum absolute atomic E-state index is 15.3. The summed E-state index contributed by atoms with van der Waals surface area (Å²) in [6, 6.07) is 3.27. The smallest absolute Gasteiger partial charge is 0.407 e. The van der Waals surface area contributed by atoms with Gasteiger partial charge in [-0.1, -0.05) is 11.6 Å². The molecule has 2 aromatic heterocycles. The Balaban J connectivity index is 2.00. The van der Waals surface area contributed by atoms with Gasteiger partial charge >= 0.3 is 6.09 Å². The highest BCUT2D eigenvalue weighted by atomic mass is 35.5. The number of hydrogen-bond acceptors (Lipinski definition) is 4. The molecule has 0 aliphatic carbocycles. The molecule has 0 radical (unpaired) electrons. The molecule has 0 atom stereocenters. The molecule has 0 aromatic carbocycles. The van der Waals surface area contributed by atoms with E-state index in [4.69, 9.17) is 16.7 Å². The van der Waals surface area contributed by atoms with Gasteiger partial charge in [-0.15, -0.1) is 0 Å². The van der Waals surface area contributed by atoms with Crippen LogP contribution in [0.2, 0.25) is 5.02 Å². The maximum atomic E-state index is 15.3. The van der Waals surface area contributed by atoms with Crippen molar-refractivity contribution in [3.05, 3.63) is 45.6 Å². The Labute approximate surface area is 141 Å². The standard InChI is InChI=1S/C15H14ClFN4O3/c16-10-11(15(17)3-7-21(8-4-15)14(23)24)19-12(20-13(10)22)9-1-5-18-6-2-9/h1-2,5-6H,3-4,7-8H2,(H,23,24)(H,19,20,22). The first-order valence-electron chi connectivity index (χ1n) is 7.28. The van der Waals surface area contributed by atoms with Crippen molar-refractivity contribution in [2.45, 2.75) is 18.5 Å². The van der Waals surface area contributed by atoms with Gasteiger partial charge in [-0.25, -0.2) is 14.2 Å². The number of nitrogens with one attached hydrogen (secondary N) is 1. The number of H-pyrrole nitrogens is 1. The van der Waals surface area contributed by atoms with E-state index >= 15 is 4.39 Å². The maximum Gasteiger partial charge on any atom is 0.407 e. The molecule has 0 spiro atoms. The van der Waals surface area contributed by atoms with Crippen LogP contribution in [0.5, 0.6) is 0 Å². The van der Waals surface area contributed by atoms with Gasteiger partial charge in [0.25, 0.3) is 5.56 Å². The fourth-order valence-corrected chi connectivity index (χ4v) is 2.95. The third-order valence-corrected chi connectivity index (χ3v) is 4.42. The zero-order valence-electron chi connectivity index (χ0n) is 12.5. The van der Waals surface area contributed by atoms with Crippen LogP contribution in [0.4, 0.5) is 9.18 Å². The van der Waals surface area contributed by atoms with Crippen LogP contribution in [0.3, 0.4) is 0 Å². The van der Waals surface area contributed by atoms with Gasteiger partial charge in [-0.2, -0.15) is 0 Å². The average Bonchev–Trinajstić information content (AvgIpc) is 2.58. The molecule has 1 amide bonds. The van der Waals surface area contributed by atoms with E-state index in [0.717, 1.165) is 4.90 Å². The molecule has 3 heterocycles. The van der Waals surface area contributed by atoms with E-state index in [2.05, 4.69) is 15.0 Å². The third kappa shape index (κ3) is 2.96. The molecule has 0 unspecified atom stereocenters. The number of aromatic nitrogens is 3.